The van der Waals surface area contributed by atoms with Crippen molar-refractivity contribution in [1.82, 2.24) is 14.6 Å². The number of nitrogens with zero attached hydrogens (tertiary/aromatic N) is 2. The van der Waals surface area contributed by atoms with E-state index < -0.39 is 10.0 Å². The van der Waals surface area contributed by atoms with Gasteiger partial charge in [-0.2, -0.15) is 0 Å². The van der Waals surface area contributed by atoms with Crippen molar-refractivity contribution in [3.05, 3.63) is 41.5 Å². The minimum atomic E-state index is -3.21. The number of aromatic nitrogens is 1. The van der Waals surface area contributed by atoms with Crippen LogP contribution >= 0.6 is 11.3 Å². The van der Waals surface area contributed by atoms with E-state index in [0.29, 0.717) is 25.3 Å². The Morgan fingerprint density at radius 3 is 2.84 bits per heavy atom. The molecule has 134 valence electrons. The predicted octanol–water partition coefficient (Wildman–Crippen LogP) is 2.21. The number of rotatable bonds is 5. The summed E-state index contributed by atoms with van der Waals surface area (Å²) >= 11 is 1.46. The number of nitrogens with one attached hydrogen (secondary N) is 1. The van der Waals surface area contributed by atoms with Crippen LogP contribution in [0.4, 0.5) is 0 Å². The lowest BCUT2D eigenvalue weighted by molar-refractivity contribution is 0.0672. The lowest BCUT2D eigenvalue weighted by Gasteiger charge is -2.32. The third kappa shape index (κ3) is 4.65. The Kier molecular flexibility index (Phi) is 5.51. The summed E-state index contributed by atoms with van der Waals surface area (Å²) in [6.07, 6.45) is 2.93. The first-order valence-corrected chi connectivity index (χ1v) is 10.9. The number of carbonyl (C=O) groups excluding carboxylic acids is 1. The molecule has 1 aromatic heterocycles. The molecule has 0 spiro atoms. The normalized spacial score (nSPS) is 18.3. The van der Waals surface area contributed by atoms with Crippen LogP contribution in [0.5, 0.6) is 0 Å². The van der Waals surface area contributed by atoms with Gasteiger partial charge in [-0.15, -0.1) is 11.3 Å². The van der Waals surface area contributed by atoms with Crippen molar-refractivity contribution in [2.45, 2.75) is 12.8 Å². The van der Waals surface area contributed by atoms with E-state index in [1.807, 2.05) is 30.3 Å². The lowest BCUT2D eigenvalue weighted by atomic mass is 9.98. The van der Waals surface area contributed by atoms with E-state index in [1.54, 1.807) is 10.4 Å². The fourth-order valence-electron chi connectivity index (χ4n) is 3.03. The highest BCUT2D eigenvalue weighted by Gasteiger charge is 2.28. The van der Waals surface area contributed by atoms with Crippen LogP contribution in [0.25, 0.3) is 10.4 Å². The highest BCUT2D eigenvalue weighted by Crippen LogP contribution is 2.29. The average Bonchev–Trinajstić information content (AvgIpc) is 3.09. The summed E-state index contributed by atoms with van der Waals surface area (Å²) in [6.45, 7) is 1.60. The molecule has 1 aliphatic heterocycles. The molecule has 1 fully saturated rings. The largest absolute Gasteiger partial charge is 0.337 e. The van der Waals surface area contributed by atoms with Crippen molar-refractivity contribution in [2.75, 3.05) is 25.9 Å². The van der Waals surface area contributed by atoms with Gasteiger partial charge in [-0.25, -0.2) is 18.1 Å². The molecule has 3 rings (SSSR count). The highest BCUT2D eigenvalue weighted by atomic mass is 32.2. The van der Waals surface area contributed by atoms with Crippen LogP contribution in [0.1, 0.15) is 23.3 Å². The molecule has 8 heteroatoms. The molecule has 25 heavy (non-hydrogen) atoms. The summed E-state index contributed by atoms with van der Waals surface area (Å²) in [4.78, 5) is 19.9. The smallest absolute Gasteiger partial charge is 0.273 e. The van der Waals surface area contributed by atoms with E-state index in [1.165, 1.54) is 11.3 Å². The molecule has 2 heterocycles. The molecule has 1 N–H and O–H groups in total. The molecule has 1 amide bonds. The van der Waals surface area contributed by atoms with Crippen molar-refractivity contribution in [3.63, 3.8) is 0 Å². The first-order chi connectivity index (χ1) is 11.9. The number of carbonyl (C=O) groups is 1. The summed E-state index contributed by atoms with van der Waals surface area (Å²) in [7, 11) is -3.21. The van der Waals surface area contributed by atoms with Crippen molar-refractivity contribution in [3.8, 4) is 10.4 Å². The van der Waals surface area contributed by atoms with Crippen LogP contribution in [0.2, 0.25) is 0 Å². The van der Waals surface area contributed by atoms with Gasteiger partial charge in [-0.3, -0.25) is 4.79 Å². The van der Waals surface area contributed by atoms with Crippen LogP contribution in [0.3, 0.4) is 0 Å². The highest BCUT2D eigenvalue weighted by molar-refractivity contribution is 7.88. The minimum Gasteiger partial charge on any atom is -0.337 e. The zero-order valence-electron chi connectivity index (χ0n) is 14.0. The molecular weight excluding hydrogens is 358 g/mol. The fraction of sp³-hybridized carbons (Fsp3) is 0.412. The van der Waals surface area contributed by atoms with Crippen LogP contribution in [-0.2, 0) is 10.0 Å². The van der Waals surface area contributed by atoms with Crippen LogP contribution in [-0.4, -0.2) is 50.1 Å². The molecule has 1 saturated heterocycles. The second-order valence-electron chi connectivity index (χ2n) is 6.28. The molecule has 1 aliphatic rings. The number of hydrogen-bond acceptors (Lipinski definition) is 5. The molecule has 0 saturated carbocycles. The van der Waals surface area contributed by atoms with Crippen LogP contribution in [0.15, 0.2) is 35.8 Å². The predicted molar refractivity (Wildman–Crippen MR) is 99.0 cm³/mol. The Hall–Kier alpha value is -1.77. The quantitative estimate of drug-likeness (QED) is 0.864. The summed E-state index contributed by atoms with van der Waals surface area (Å²) < 4.78 is 25.1. The van der Waals surface area contributed by atoms with E-state index in [4.69, 9.17) is 0 Å². The zero-order valence-corrected chi connectivity index (χ0v) is 15.6. The molecule has 0 aliphatic carbocycles. The van der Waals surface area contributed by atoms with Crippen molar-refractivity contribution < 1.29 is 13.2 Å². The molecule has 0 radical (unpaired) electrons. The maximum atomic E-state index is 12.9. The lowest BCUT2D eigenvalue weighted by Crippen LogP contribution is -2.43. The minimum absolute atomic E-state index is 0.0795. The molecule has 1 aromatic carbocycles. The van der Waals surface area contributed by atoms with Gasteiger partial charge in [-0.1, -0.05) is 30.3 Å². The van der Waals surface area contributed by atoms with E-state index >= 15 is 0 Å². The summed E-state index contributed by atoms with van der Waals surface area (Å²) in [5, 5.41) is 0. The molecular formula is C17H21N3O3S2. The molecule has 0 bridgehead atoms. The number of piperidine rings is 1. The SMILES string of the molecule is CS(=O)(=O)NCC1CCCN(C(=O)c2ncsc2-c2ccccc2)C1. The van der Waals surface area contributed by atoms with Gasteiger partial charge in [0.15, 0.2) is 0 Å². The van der Waals surface area contributed by atoms with Gasteiger partial charge in [0.1, 0.15) is 5.69 Å². The average molecular weight is 380 g/mol. The van der Waals surface area contributed by atoms with Crippen LogP contribution in [0, 0.1) is 5.92 Å². The monoisotopic (exact) mass is 379 g/mol. The summed E-state index contributed by atoms with van der Waals surface area (Å²) in [5.41, 5.74) is 3.16. The first-order valence-electron chi connectivity index (χ1n) is 8.17. The van der Waals surface area contributed by atoms with E-state index in [0.717, 1.165) is 29.5 Å². The number of benzene rings is 1. The Labute approximate surface area is 151 Å². The second-order valence-corrected chi connectivity index (χ2v) is 8.96. The standard InChI is InChI=1S/C17H21N3O3S2/c1-25(22,23)19-10-13-6-5-9-20(11-13)17(21)15-16(24-12-18-15)14-7-3-2-4-8-14/h2-4,7-8,12-13,19H,5-6,9-11H2,1H3. The Balaban J connectivity index is 1.72. The van der Waals surface area contributed by atoms with E-state index in [2.05, 4.69) is 9.71 Å². The van der Waals surface area contributed by atoms with Gasteiger partial charge in [-0.05, 0) is 24.3 Å². The Bertz CT molecular complexity index is 834. The topological polar surface area (TPSA) is 79.4 Å². The van der Waals surface area contributed by atoms with Gasteiger partial charge in [0.05, 0.1) is 16.6 Å². The molecule has 2 aromatic rings. The fourth-order valence-corrected chi connectivity index (χ4v) is 4.35. The summed E-state index contributed by atoms with van der Waals surface area (Å²) in [6, 6.07) is 9.77. The van der Waals surface area contributed by atoms with Crippen molar-refractivity contribution >= 4 is 27.3 Å². The van der Waals surface area contributed by atoms with E-state index in [-0.39, 0.29) is 11.8 Å². The molecule has 1 unspecified atom stereocenters. The van der Waals surface area contributed by atoms with Crippen molar-refractivity contribution in [2.24, 2.45) is 5.92 Å². The Morgan fingerprint density at radius 1 is 1.36 bits per heavy atom. The second kappa shape index (κ2) is 7.63. The van der Waals surface area contributed by atoms with Gasteiger partial charge < -0.3 is 4.90 Å². The summed E-state index contributed by atoms with van der Waals surface area (Å²) in [5.74, 6) is 0.0513. The van der Waals surface area contributed by atoms with E-state index in [9.17, 15) is 13.2 Å². The number of amides is 1. The number of likely N-dealkylation sites (tertiary alicyclic amines) is 1. The molecule has 6 nitrogen and oxygen atoms in total. The van der Waals surface area contributed by atoms with Crippen molar-refractivity contribution in [1.29, 1.82) is 0 Å². The third-order valence-corrected chi connectivity index (χ3v) is 5.81. The maximum Gasteiger partial charge on any atom is 0.273 e. The zero-order chi connectivity index (χ0) is 17.9. The van der Waals surface area contributed by atoms with Gasteiger partial charge >= 0.3 is 0 Å². The Morgan fingerprint density at radius 2 is 2.12 bits per heavy atom. The van der Waals surface area contributed by atoms with Gasteiger partial charge in [0.25, 0.3) is 5.91 Å². The van der Waals surface area contributed by atoms with Crippen LogP contribution < -0.4 is 4.72 Å². The maximum absolute atomic E-state index is 12.9. The first kappa shape index (κ1) is 18.0. The number of thiazole rings is 1. The number of sulfonamides is 1. The number of hydrogen-bond donors (Lipinski definition) is 1. The van der Waals surface area contributed by atoms with Gasteiger partial charge in [0, 0.05) is 19.6 Å². The van der Waals surface area contributed by atoms with Gasteiger partial charge in [0.2, 0.25) is 10.0 Å². The third-order valence-electron chi connectivity index (χ3n) is 4.25. The molecule has 1 atom stereocenters.